The highest BCUT2D eigenvalue weighted by molar-refractivity contribution is 8.04. The summed E-state index contributed by atoms with van der Waals surface area (Å²) >= 11 is 1.25. The Morgan fingerprint density at radius 1 is 0.861 bits per heavy atom. The molecule has 0 unspecified atom stereocenters. The molecule has 4 rings (SSSR count). The highest BCUT2D eigenvalue weighted by Crippen LogP contribution is 2.38. The maximum absolute atomic E-state index is 13.6. The third kappa shape index (κ3) is 5.52. The molecule has 0 saturated heterocycles. The van der Waals surface area contributed by atoms with Crippen molar-refractivity contribution in [3.8, 4) is 0 Å². The number of hydrogen-bond donors (Lipinski definition) is 1. The number of anilines is 2. The van der Waals surface area contributed by atoms with E-state index in [0.29, 0.717) is 22.8 Å². The molecule has 1 aliphatic rings. The fourth-order valence-electron chi connectivity index (χ4n) is 3.89. The fourth-order valence-corrected chi connectivity index (χ4v) is 4.82. The van der Waals surface area contributed by atoms with Crippen molar-refractivity contribution < 1.29 is 19.1 Å². The number of aryl methyl sites for hydroxylation is 3. The summed E-state index contributed by atoms with van der Waals surface area (Å²) in [5.41, 5.74) is 4.91. The third-order valence-electron chi connectivity index (χ3n) is 5.57. The molecule has 3 aromatic rings. The number of amides is 2. The van der Waals surface area contributed by atoms with Crippen LogP contribution in [0.25, 0.3) is 0 Å². The van der Waals surface area contributed by atoms with Gasteiger partial charge in [-0.15, -0.1) is 0 Å². The highest BCUT2D eigenvalue weighted by atomic mass is 32.2. The Bertz CT molecular complexity index is 1320. The molecule has 0 aliphatic carbocycles. The third-order valence-corrected chi connectivity index (χ3v) is 6.66. The minimum atomic E-state index is -0.449. The maximum Gasteiger partial charge on any atom is 0.338 e. The van der Waals surface area contributed by atoms with Gasteiger partial charge in [-0.25, -0.2) is 9.69 Å². The van der Waals surface area contributed by atoms with E-state index in [1.807, 2.05) is 70.2 Å². The van der Waals surface area contributed by atoms with Crippen molar-refractivity contribution in [1.82, 2.24) is 0 Å². The summed E-state index contributed by atoms with van der Waals surface area (Å²) < 4.78 is 5.17. The van der Waals surface area contributed by atoms with Crippen LogP contribution in [0.2, 0.25) is 0 Å². The monoisotopic (exact) mass is 500 g/mol. The SMILES string of the molecule is CCCOC(=O)c1ccc(N2C(=O)C(Nc3cc(C)cc(C)c3)=C(Sc3ccc(C)cc3)C2=O)cc1. The van der Waals surface area contributed by atoms with Gasteiger partial charge in [-0.1, -0.05) is 42.4 Å². The zero-order valence-electron chi connectivity index (χ0n) is 20.8. The Labute approximate surface area is 215 Å². The van der Waals surface area contributed by atoms with Crippen molar-refractivity contribution in [3.05, 3.63) is 99.6 Å². The molecule has 0 radical (unpaired) electrons. The molecule has 1 N–H and O–H groups in total. The van der Waals surface area contributed by atoms with E-state index < -0.39 is 17.8 Å². The Balaban J connectivity index is 1.67. The summed E-state index contributed by atoms with van der Waals surface area (Å²) in [6, 6.07) is 20.0. The number of thioether (sulfide) groups is 1. The first-order valence-electron chi connectivity index (χ1n) is 11.8. The quantitative estimate of drug-likeness (QED) is 0.295. The van der Waals surface area contributed by atoms with Crippen LogP contribution in [0.3, 0.4) is 0 Å². The van der Waals surface area contributed by atoms with Crippen molar-refractivity contribution in [1.29, 1.82) is 0 Å². The molecule has 6 nitrogen and oxygen atoms in total. The Hall–Kier alpha value is -3.84. The van der Waals surface area contributed by atoms with Crippen molar-refractivity contribution in [3.63, 3.8) is 0 Å². The average molecular weight is 501 g/mol. The summed E-state index contributed by atoms with van der Waals surface area (Å²) in [5.74, 6) is -1.30. The number of carbonyl (C=O) groups excluding carboxylic acids is 3. The number of nitrogens with zero attached hydrogens (tertiary/aromatic N) is 1. The summed E-state index contributed by atoms with van der Waals surface area (Å²) in [6.07, 6.45) is 0.726. The van der Waals surface area contributed by atoms with Gasteiger partial charge < -0.3 is 10.1 Å². The topological polar surface area (TPSA) is 75.7 Å². The molecule has 36 heavy (non-hydrogen) atoms. The van der Waals surface area contributed by atoms with Gasteiger partial charge in [-0.05, 0) is 86.8 Å². The van der Waals surface area contributed by atoms with Gasteiger partial charge in [0, 0.05) is 10.6 Å². The van der Waals surface area contributed by atoms with Crippen LogP contribution in [-0.4, -0.2) is 24.4 Å². The molecule has 0 bridgehead atoms. The standard InChI is InChI=1S/C29H28N2O4S/c1-5-14-35-29(34)21-8-10-23(11-9-21)31-27(32)25(30-22-16-19(3)15-20(4)17-22)26(28(31)33)36-24-12-6-18(2)7-13-24/h6-13,15-17,30H,5,14H2,1-4H3. The van der Waals surface area contributed by atoms with Gasteiger partial charge in [0.1, 0.15) is 10.6 Å². The first-order chi connectivity index (χ1) is 17.3. The van der Waals surface area contributed by atoms with Gasteiger partial charge in [0.2, 0.25) is 0 Å². The Morgan fingerprint density at radius 2 is 1.50 bits per heavy atom. The first kappa shape index (κ1) is 25.3. The smallest absolute Gasteiger partial charge is 0.338 e. The number of ether oxygens (including phenoxy) is 1. The van der Waals surface area contributed by atoms with Crippen LogP contribution in [-0.2, 0) is 14.3 Å². The number of nitrogens with one attached hydrogen (secondary N) is 1. The second-order valence-electron chi connectivity index (χ2n) is 8.75. The van der Waals surface area contributed by atoms with E-state index in [4.69, 9.17) is 4.74 Å². The highest BCUT2D eigenvalue weighted by Gasteiger charge is 2.40. The van der Waals surface area contributed by atoms with Crippen molar-refractivity contribution in [2.45, 2.75) is 39.0 Å². The fraction of sp³-hybridized carbons (Fsp3) is 0.207. The van der Waals surface area contributed by atoms with E-state index >= 15 is 0 Å². The average Bonchev–Trinajstić information content (AvgIpc) is 3.07. The van der Waals surface area contributed by atoms with Crippen molar-refractivity contribution in [2.75, 3.05) is 16.8 Å². The summed E-state index contributed by atoms with van der Waals surface area (Å²) in [5, 5.41) is 3.21. The van der Waals surface area contributed by atoms with Gasteiger partial charge in [0.25, 0.3) is 11.8 Å². The molecule has 184 valence electrons. The zero-order chi connectivity index (χ0) is 25.8. The van der Waals surface area contributed by atoms with Gasteiger partial charge >= 0.3 is 5.97 Å². The minimum Gasteiger partial charge on any atom is -0.462 e. The van der Waals surface area contributed by atoms with Crippen LogP contribution in [0.1, 0.15) is 40.4 Å². The number of benzene rings is 3. The van der Waals surface area contributed by atoms with Crippen molar-refractivity contribution in [2.24, 2.45) is 0 Å². The van der Waals surface area contributed by atoms with Gasteiger partial charge in [-0.2, -0.15) is 0 Å². The number of rotatable bonds is 8. The van der Waals surface area contributed by atoms with Crippen LogP contribution in [0.4, 0.5) is 11.4 Å². The zero-order valence-corrected chi connectivity index (χ0v) is 21.6. The van der Waals surface area contributed by atoms with Gasteiger partial charge in [-0.3, -0.25) is 9.59 Å². The lowest BCUT2D eigenvalue weighted by Gasteiger charge is -2.16. The lowest BCUT2D eigenvalue weighted by Crippen LogP contribution is -2.32. The second-order valence-corrected chi connectivity index (χ2v) is 9.83. The first-order valence-corrected chi connectivity index (χ1v) is 12.6. The lowest BCUT2D eigenvalue weighted by molar-refractivity contribution is -0.120. The van der Waals surface area contributed by atoms with Crippen LogP contribution in [0.15, 0.2) is 82.2 Å². The predicted molar refractivity (Wildman–Crippen MR) is 143 cm³/mol. The van der Waals surface area contributed by atoms with E-state index in [9.17, 15) is 14.4 Å². The lowest BCUT2D eigenvalue weighted by atomic mass is 10.1. The van der Waals surface area contributed by atoms with E-state index in [1.54, 1.807) is 24.3 Å². The summed E-state index contributed by atoms with van der Waals surface area (Å²) in [6.45, 7) is 8.21. The number of carbonyl (C=O) groups is 3. The molecule has 0 atom stereocenters. The van der Waals surface area contributed by atoms with E-state index in [0.717, 1.165) is 38.6 Å². The normalized spacial score (nSPS) is 13.4. The maximum atomic E-state index is 13.6. The largest absolute Gasteiger partial charge is 0.462 e. The second kappa shape index (κ2) is 10.8. The van der Waals surface area contributed by atoms with E-state index in [1.165, 1.54) is 11.8 Å². The molecule has 7 heteroatoms. The van der Waals surface area contributed by atoms with E-state index in [-0.39, 0.29) is 5.70 Å². The number of esters is 1. The van der Waals surface area contributed by atoms with Crippen LogP contribution in [0, 0.1) is 20.8 Å². The molecule has 1 heterocycles. The molecule has 2 amide bonds. The minimum absolute atomic E-state index is 0.224. The molecule has 0 fully saturated rings. The van der Waals surface area contributed by atoms with E-state index in [2.05, 4.69) is 5.32 Å². The predicted octanol–water partition coefficient (Wildman–Crippen LogP) is 6.17. The summed E-state index contributed by atoms with van der Waals surface area (Å²) in [7, 11) is 0. The molecule has 0 spiro atoms. The molecular weight excluding hydrogens is 472 g/mol. The molecular formula is C29H28N2O4S. The summed E-state index contributed by atoms with van der Waals surface area (Å²) in [4.78, 5) is 41.6. The van der Waals surface area contributed by atoms with Crippen LogP contribution in [0.5, 0.6) is 0 Å². The molecule has 0 aromatic heterocycles. The molecule has 0 saturated carbocycles. The Kier molecular flexibility index (Phi) is 7.60. The van der Waals surface area contributed by atoms with Gasteiger partial charge in [0.15, 0.2) is 0 Å². The van der Waals surface area contributed by atoms with Crippen molar-refractivity contribution >= 4 is 40.9 Å². The number of imide groups is 1. The number of hydrogen-bond acceptors (Lipinski definition) is 6. The van der Waals surface area contributed by atoms with Crippen LogP contribution >= 0.6 is 11.8 Å². The van der Waals surface area contributed by atoms with Gasteiger partial charge in [0.05, 0.1) is 17.9 Å². The van der Waals surface area contributed by atoms with Crippen LogP contribution < -0.4 is 10.2 Å². The molecule has 1 aliphatic heterocycles. The Morgan fingerprint density at radius 3 is 2.11 bits per heavy atom. The molecule has 3 aromatic carbocycles.